The van der Waals surface area contributed by atoms with Crippen molar-refractivity contribution in [1.29, 1.82) is 0 Å². The summed E-state index contributed by atoms with van der Waals surface area (Å²) in [5.41, 5.74) is 0.581. The van der Waals surface area contributed by atoms with Crippen LogP contribution in [0.3, 0.4) is 0 Å². The van der Waals surface area contributed by atoms with Crippen LogP contribution < -0.4 is 0 Å². The van der Waals surface area contributed by atoms with Crippen LogP contribution in [0.25, 0.3) is 0 Å². The molecule has 1 N–H and O–H groups in total. The number of aliphatic hydroxyl groups excluding tert-OH is 1. The van der Waals surface area contributed by atoms with Crippen molar-refractivity contribution in [2.24, 2.45) is 5.41 Å². The Labute approximate surface area is 107 Å². The van der Waals surface area contributed by atoms with Crippen LogP contribution in [0.1, 0.15) is 37.7 Å². The van der Waals surface area contributed by atoms with Crippen molar-refractivity contribution < 1.29 is 14.2 Å². The van der Waals surface area contributed by atoms with E-state index in [9.17, 15) is 9.50 Å². The van der Waals surface area contributed by atoms with E-state index in [0.29, 0.717) is 18.6 Å². The molecule has 98 valence electrons. The van der Waals surface area contributed by atoms with Crippen LogP contribution >= 0.6 is 0 Å². The molecule has 0 heterocycles. The van der Waals surface area contributed by atoms with Gasteiger partial charge in [0.2, 0.25) is 0 Å². The van der Waals surface area contributed by atoms with E-state index in [1.807, 2.05) is 6.07 Å². The summed E-state index contributed by atoms with van der Waals surface area (Å²) >= 11 is 0. The first kappa shape index (κ1) is 12.1. The zero-order valence-corrected chi connectivity index (χ0v) is 10.4. The fourth-order valence-electron chi connectivity index (χ4n) is 3.45. The molecule has 2 aliphatic rings. The second kappa shape index (κ2) is 4.63. The van der Waals surface area contributed by atoms with E-state index in [2.05, 4.69) is 0 Å². The van der Waals surface area contributed by atoms with Gasteiger partial charge in [0, 0.05) is 17.4 Å². The highest BCUT2D eigenvalue weighted by Gasteiger charge is 2.56. The molecule has 2 fully saturated rings. The summed E-state index contributed by atoms with van der Waals surface area (Å²) in [4.78, 5) is 0. The lowest BCUT2D eigenvalue weighted by molar-refractivity contribution is -0.194. The van der Waals surface area contributed by atoms with Gasteiger partial charge in [0.25, 0.3) is 0 Å². The quantitative estimate of drug-likeness (QED) is 0.893. The average Bonchev–Trinajstić information content (AvgIpc) is 2.88. The number of hydrogen-bond acceptors (Lipinski definition) is 2. The standard InChI is InChI=1S/C15H19FO2/c16-12-6-2-1-5-11(12)10-18-14-9-13(17)15(14)7-3-4-8-15/h1-2,5-6,13-14,17H,3-4,7-10H2. The second-order valence-corrected chi connectivity index (χ2v) is 5.58. The monoisotopic (exact) mass is 250 g/mol. The summed E-state index contributed by atoms with van der Waals surface area (Å²) in [5, 5.41) is 9.97. The minimum atomic E-state index is -0.217. The summed E-state index contributed by atoms with van der Waals surface area (Å²) in [7, 11) is 0. The van der Waals surface area contributed by atoms with Gasteiger partial charge < -0.3 is 9.84 Å². The summed E-state index contributed by atoms with van der Waals surface area (Å²) < 4.78 is 19.3. The SMILES string of the molecule is OC1CC(OCc2ccccc2F)C12CCCC2. The number of halogens is 1. The normalized spacial score (nSPS) is 29.4. The van der Waals surface area contributed by atoms with Crippen LogP contribution in [0.15, 0.2) is 24.3 Å². The molecule has 2 saturated carbocycles. The lowest BCUT2D eigenvalue weighted by Crippen LogP contribution is -2.56. The Balaban J connectivity index is 1.63. The van der Waals surface area contributed by atoms with Gasteiger partial charge in [-0.25, -0.2) is 4.39 Å². The summed E-state index contributed by atoms with van der Waals surface area (Å²) in [6.45, 7) is 0.311. The van der Waals surface area contributed by atoms with Crippen LogP contribution in [0.4, 0.5) is 4.39 Å². The summed E-state index contributed by atoms with van der Waals surface area (Å²) in [5.74, 6) is -0.210. The Morgan fingerprint density at radius 3 is 2.67 bits per heavy atom. The van der Waals surface area contributed by atoms with Gasteiger partial charge in [-0.2, -0.15) is 0 Å². The van der Waals surface area contributed by atoms with Crippen LogP contribution in [-0.2, 0) is 11.3 Å². The molecule has 1 aromatic rings. The first-order valence-corrected chi connectivity index (χ1v) is 6.75. The molecule has 0 aliphatic heterocycles. The van der Waals surface area contributed by atoms with E-state index in [0.717, 1.165) is 12.8 Å². The van der Waals surface area contributed by atoms with E-state index >= 15 is 0 Å². The summed E-state index contributed by atoms with van der Waals surface area (Å²) in [6, 6.07) is 6.72. The van der Waals surface area contributed by atoms with Crippen molar-refractivity contribution in [2.45, 2.75) is 50.9 Å². The van der Waals surface area contributed by atoms with Crippen LogP contribution in [0.5, 0.6) is 0 Å². The maximum atomic E-state index is 13.5. The minimum absolute atomic E-state index is 0.0226. The van der Waals surface area contributed by atoms with Crippen molar-refractivity contribution >= 4 is 0 Å². The molecule has 0 bridgehead atoms. The van der Waals surface area contributed by atoms with Gasteiger partial charge in [-0.05, 0) is 18.9 Å². The molecular formula is C15H19FO2. The third-order valence-corrected chi connectivity index (χ3v) is 4.67. The Bertz CT molecular complexity index is 426. The van der Waals surface area contributed by atoms with Crippen LogP contribution in [-0.4, -0.2) is 17.3 Å². The Morgan fingerprint density at radius 1 is 1.28 bits per heavy atom. The number of aliphatic hydroxyl groups is 1. The van der Waals surface area contributed by atoms with E-state index in [4.69, 9.17) is 4.74 Å². The third kappa shape index (κ3) is 1.86. The van der Waals surface area contributed by atoms with E-state index in [1.165, 1.54) is 18.9 Å². The number of rotatable bonds is 3. The fraction of sp³-hybridized carbons (Fsp3) is 0.600. The molecular weight excluding hydrogens is 231 g/mol. The van der Waals surface area contributed by atoms with Gasteiger partial charge in [-0.3, -0.25) is 0 Å². The first-order valence-electron chi connectivity index (χ1n) is 6.75. The van der Waals surface area contributed by atoms with Crippen molar-refractivity contribution in [3.63, 3.8) is 0 Å². The molecule has 0 amide bonds. The smallest absolute Gasteiger partial charge is 0.128 e. The predicted molar refractivity (Wildman–Crippen MR) is 66.5 cm³/mol. The molecule has 2 aliphatic carbocycles. The maximum absolute atomic E-state index is 13.5. The first-order chi connectivity index (χ1) is 8.72. The van der Waals surface area contributed by atoms with Gasteiger partial charge in [-0.15, -0.1) is 0 Å². The molecule has 3 heteroatoms. The van der Waals surface area contributed by atoms with Crippen molar-refractivity contribution in [1.82, 2.24) is 0 Å². The zero-order valence-electron chi connectivity index (χ0n) is 10.4. The zero-order chi connectivity index (χ0) is 12.6. The second-order valence-electron chi connectivity index (χ2n) is 5.58. The molecule has 1 spiro atoms. The Hall–Kier alpha value is -0.930. The minimum Gasteiger partial charge on any atom is -0.392 e. The van der Waals surface area contributed by atoms with Crippen LogP contribution in [0, 0.1) is 11.2 Å². The molecule has 0 saturated heterocycles. The fourth-order valence-corrected chi connectivity index (χ4v) is 3.45. The van der Waals surface area contributed by atoms with Gasteiger partial charge in [0.05, 0.1) is 18.8 Å². The van der Waals surface area contributed by atoms with E-state index in [1.54, 1.807) is 12.1 Å². The molecule has 2 atom stereocenters. The highest BCUT2D eigenvalue weighted by molar-refractivity contribution is 5.16. The topological polar surface area (TPSA) is 29.5 Å². The highest BCUT2D eigenvalue weighted by Crippen LogP contribution is 2.54. The molecule has 3 rings (SSSR count). The lowest BCUT2D eigenvalue weighted by atomic mass is 9.62. The predicted octanol–water partition coefficient (Wildman–Crippen LogP) is 3.04. The molecule has 1 aromatic carbocycles. The van der Waals surface area contributed by atoms with Gasteiger partial charge in [0.15, 0.2) is 0 Å². The molecule has 0 aromatic heterocycles. The van der Waals surface area contributed by atoms with Crippen molar-refractivity contribution in [3.05, 3.63) is 35.6 Å². The molecule has 2 unspecified atom stereocenters. The summed E-state index contributed by atoms with van der Waals surface area (Å²) in [6.07, 6.45) is 5.05. The highest BCUT2D eigenvalue weighted by atomic mass is 19.1. The molecule has 0 radical (unpaired) electrons. The molecule has 2 nitrogen and oxygen atoms in total. The Kier molecular flexibility index (Phi) is 3.12. The third-order valence-electron chi connectivity index (χ3n) is 4.67. The van der Waals surface area contributed by atoms with Crippen molar-refractivity contribution in [3.8, 4) is 0 Å². The molecule has 18 heavy (non-hydrogen) atoms. The maximum Gasteiger partial charge on any atom is 0.128 e. The Morgan fingerprint density at radius 2 is 2.00 bits per heavy atom. The van der Waals surface area contributed by atoms with E-state index in [-0.39, 0.29) is 23.4 Å². The number of hydrogen-bond donors (Lipinski definition) is 1. The van der Waals surface area contributed by atoms with Gasteiger partial charge >= 0.3 is 0 Å². The largest absolute Gasteiger partial charge is 0.392 e. The van der Waals surface area contributed by atoms with Gasteiger partial charge in [0.1, 0.15) is 5.82 Å². The number of ether oxygens (including phenoxy) is 1. The number of benzene rings is 1. The van der Waals surface area contributed by atoms with Crippen LogP contribution in [0.2, 0.25) is 0 Å². The van der Waals surface area contributed by atoms with E-state index < -0.39 is 0 Å². The average molecular weight is 250 g/mol. The van der Waals surface area contributed by atoms with Gasteiger partial charge in [-0.1, -0.05) is 31.0 Å². The van der Waals surface area contributed by atoms with Crippen molar-refractivity contribution in [2.75, 3.05) is 0 Å². The lowest BCUT2D eigenvalue weighted by Gasteiger charge is -2.51.